The summed E-state index contributed by atoms with van der Waals surface area (Å²) in [5.41, 5.74) is 1.19. The first-order valence-electron chi connectivity index (χ1n) is 8.87. The van der Waals surface area contributed by atoms with Crippen LogP contribution in [0.5, 0.6) is 11.5 Å². The Hall–Kier alpha value is -2.58. The summed E-state index contributed by atoms with van der Waals surface area (Å²) < 4.78 is 34.3. The highest BCUT2D eigenvalue weighted by atomic mass is 32.2. The lowest BCUT2D eigenvalue weighted by molar-refractivity contribution is 0.102. The second-order valence-electron chi connectivity index (χ2n) is 6.88. The quantitative estimate of drug-likeness (QED) is 0.699. The molecule has 8 heteroatoms. The third kappa shape index (κ3) is 5.71. The fourth-order valence-corrected chi connectivity index (χ4v) is 3.33. The Kier molecular flexibility index (Phi) is 7.04. The molecule has 1 amide bonds. The van der Waals surface area contributed by atoms with E-state index in [9.17, 15) is 13.2 Å². The largest absolute Gasteiger partial charge is 0.493 e. The summed E-state index contributed by atoms with van der Waals surface area (Å²) in [6.45, 7) is 6.41. The second kappa shape index (κ2) is 9.07. The number of primary sulfonamides is 1. The number of rotatable bonds is 8. The van der Waals surface area contributed by atoms with E-state index in [1.165, 1.54) is 13.2 Å². The Labute approximate surface area is 165 Å². The third-order valence-corrected chi connectivity index (χ3v) is 5.18. The molecule has 0 aromatic heterocycles. The molecule has 2 aromatic rings. The van der Waals surface area contributed by atoms with Crippen LogP contribution in [0.2, 0.25) is 0 Å². The molecule has 0 aliphatic carbocycles. The predicted molar refractivity (Wildman–Crippen MR) is 108 cm³/mol. The Bertz CT molecular complexity index is 955. The SMILES string of the molecule is COc1cc(C(=O)Nc2ccc(C)c(S(N)(=O)=O)c2)ccc1OCCC(C)C. The molecule has 0 fully saturated rings. The maximum atomic E-state index is 12.6. The number of anilines is 1. The van der Waals surface area contributed by atoms with E-state index in [0.29, 0.717) is 40.8 Å². The number of benzene rings is 2. The molecule has 2 rings (SSSR count). The molecule has 0 spiro atoms. The number of hydrogen-bond acceptors (Lipinski definition) is 5. The number of nitrogens with two attached hydrogens (primary N) is 1. The van der Waals surface area contributed by atoms with Crippen LogP contribution >= 0.6 is 0 Å². The smallest absolute Gasteiger partial charge is 0.255 e. The van der Waals surface area contributed by atoms with Gasteiger partial charge >= 0.3 is 0 Å². The molecule has 0 saturated carbocycles. The van der Waals surface area contributed by atoms with Crippen molar-refractivity contribution in [3.63, 3.8) is 0 Å². The van der Waals surface area contributed by atoms with Gasteiger partial charge in [0.15, 0.2) is 11.5 Å². The van der Waals surface area contributed by atoms with Crippen molar-refractivity contribution in [3.8, 4) is 11.5 Å². The molecule has 2 aromatic carbocycles. The lowest BCUT2D eigenvalue weighted by Gasteiger charge is -2.13. The minimum Gasteiger partial charge on any atom is -0.493 e. The number of aryl methyl sites for hydroxylation is 1. The monoisotopic (exact) mass is 406 g/mol. The summed E-state index contributed by atoms with van der Waals surface area (Å²) in [6, 6.07) is 9.42. The van der Waals surface area contributed by atoms with Crippen LogP contribution in [-0.2, 0) is 10.0 Å². The first-order valence-corrected chi connectivity index (χ1v) is 10.4. The molecule has 0 atom stereocenters. The lowest BCUT2D eigenvalue weighted by Crippen LogP contribution is -2.16. The van der Waals surface area contributed by atoms with E-state index in [4.69, 9.17) is 14.6 Å². The van der Waals surface area contributed by atoms with Gasteiger partial charge in [-0.1, -0.05) is 19.9 Å². The number of nitrogens with one attached hydrogen (secondary N) is 1. The fraction of sp³-hybridized carbons (Fsp3) is 0.350. The summed E-state index contributed by atoms with van der Waals surface area (Å²) >= 11 is 0. The topological polar surface area (TPSA) is 108 Å². The van der Waals surface area contributed by atoms with E-state index in [2.05, 4.69) is 19.2 Å². The van der Waals surface area contributed by atoms with Gasteiger partial charge in [-0.3, -0.25) is 4.79 Å². The molecule has 7 nitrogen and oxygen atoms in total. The fourth-order valence-electron chi connectivity index (χ4n) is 2.52. The van der Waals surface area contributed by atoms with Gasteiger partial charge in [0.1, 0.15) is 0 Å². The Morgan fingerprint density at radius 1 is 1.14 bits per heavy atom. The van der Waals surface area contributed by atoms with E-state index in [1.54, 1.807) is 37.3 Å². The summed E-state index contributed by atoms with van der Waals surface area (Å²) in [5.74, 6) is 1.13. The minimum atomic E-state index is -3.88. The van der Waals surface area contributed by atoms with Crippen molar-refractivity contribution < 1.29 is 22.7 Å². The zero-order valence-electron chi connectivity index (χ0n) is 16.5. The van der Waals surface area contributed by atoms with Crippen LogP contribution in [0.3, 0.4) is 0 Å². The average Bonchev–Trinajstić information content (AvgIpc) is 2.62. The van der Waals surface area contributed by atoms with Gasteiger partial charge < -0.3 is 14.8 Å². The Morgan fingerprint density at radius 3 is 2.46 bits per heavy atom. The summed E-state index contributed by atoms with van der Waals surface area (Å²) in [5, 5.41) is 7.88. The number of methoxy groups -OCH3 is 1. The van der Waals surface area contributed by atoms with E-state index < -0.39 is 15.9 Å². The van der Waals surface area contributed by atoms with Crippen LogP contribution in [0, 0.1) is 12.8 Å². The molecule has 28 heavy (non-hydrogen) atoms. The van der Waals surface area contributed by atoms with Crippen molar-refractivity contribution >= 4 is 21.6 Å². The standard InChI is InChI=1S/C20H26N2O5S/c1-13(2)9-10-27-17-8-6-15(11-18(17)26-4)20(23)22-16-7-5-14(3)19(12-16)28(21,24)25/h5-8,11-13H,9-10H2,1-4H3,(H,22,23)(H2,21,24,25). The molecule has 0 saturated heterocycles. The van der Waals surface area contributed by atoms with Crippen molar-refractivity contribution in [1.82, 2.24) is 0 Å². The molecule has 0 heterocycles. The highest BCUT2D eigenvalue weighted by Crippen LogP contribution is 2.29. The molecule has 3 N–H and O–H groups in total. The normalized spacial score (nSPS) is 11.4. The van der Waals surface area contributed by atoms with Gasteiger partial charge in [-0.15, -0.1) is 0 Å². The number of hydrogen-bond donors (Lipinski definition) is 2. The number of amides is 1. The maximum absolute atomic E-state index is 12.6. The first kappa shape index (κ1) is 21.7. The summed E-state index contributed by atoms with van der Waals surface area (Å²) in [6.07, 6.45) is 0.908. The van der Waals surface area contributed by atoms with Gasteiger partial charge in [0, 0.05) is 11.3 Å². The third-order valence-electron chi connectivity index (χ3n) is 4.13. The van der Waals surface area contributed by atoms with Gasteiger partial charge in [0.05, 0.1) is 18.6 Å². The Balaban J connectivity index is 2.18. The predicted octanol–water partition coefficient (Wildman–Crippen LogP) is 3.33. The summed E-state index contributed by atoms with van der Waals surface area (Å²) in [4.78, 5) is 12.5. The average molecular weight is 407 g/mol. The number of carbonyl (C=O) groups is 1. The van der Waals surface area contributed by atoms with Gasteiger partial charge in [-0.05, 0) is 55.2 Å². The van der Waals surface area contributed by atoms with Crippen LogP contribution in [0.15, 0.2) is 41.3 Å². The maximum Gasteiger partial charge on any atom is 0.255 e. The van der Waals surface area contributed by atoms with Crippen molar-refractivity contribution in [3.05, 3.63) is 47.5 Å². The van der Waals surface area contributed by atoms with Crippen LogP contribution < -0.4 is 19.9 Å². The molecular formula is C20H26N2O5S. The highest BCUT2D eigenvalue weighted by Gasteiger charge is 2.15. The molecule has 0 unspecified atom stereocenters. The molecular weight excluding hydrogens is 380 g/mol. The van der Waals surface area contributed by atoms with E-state index in [0.717, 1.165) is 6.42 Å². The summed E-state index contributed by atoms with van der Waals surface area (Å²) in [7, 11) is -2.37. The highest BCUT2D eigenvalue weighted by molar-refractivity contribution is 7.89. The zero-order valence-corrected chi connectivity index (χ0v) is 17.3. The van der Waals surface area contributed by atoms with Crippen molar-refractivity contribution in [2.75, 3.05) is 19.0 Å². The van der Waals surface area contributed by atoms with Crippen LogP contribution in [0.4, 0.5) is 5.69 Å². The van der Waals surface area contributed by atoms with Gasteiger partial charge in [-0.25, -0.2) is 13.6 Å². The van der Waals surface area contributed by atoms with Crippen molar-refractivity contribution in [2.24, 2.45) is 11.1 Å². The molecule has 152 valence electrons. The van der Waals surface area contributed by atoms with E-state index in [-0.39, 0.29) is 4.90 Å². The van der Waals surface area contributed by atoms with Crippen LogP contribution in [0.25, 0.3) is 0 Å². The van der Waals surface area contributed by atoms with Crippen LogP contribution in [-0.4, -0.2) is 28.0 Å². The molecule has 0 bridgehead atoms. The van der Waals surface area contributed by atoms with Crippen LogP contribution in [0.1, 0.15) is 36.2 Å². The second-order valence-corrected chi connectivity index (χ2v) is 8.41. The minimum absolute atomic E-state index is 0.0308. The number of ether oxygens (including phenoxy) is 2. The van der Waals surface area contributed by atoms with Crippen molar-refractivity contribution in [2.45, 2.75) is 32.1 Å². The first-order chi connectivity index (χ1) is 13.1. The zero-order chi connectivity index (χ0) is 20.9. The van der Waals surface area contributed by atoms with Gasteiger partial charge in [-0.2, -0.15) is 0 Å². The molecule has 0 aliphatic rings. The van der Waals surface area contributed by atoms with E-state index >= 15 is 0 Å². The number of sulfonamides is 1. The molecule has 0 aliphatic heterocycles. The number of carbonyl (C=O) groups excluding carboxylic acids is 1. The van der Waals surface area contributed by atoms with E-state index in [1.807, 2.05) is 0 Å². The van der Waals surface area contributed by atoms with Gasteiger partial charge in [0.25, 0.3) is 5.91 Å². The lowest BCUT2D eigenvalue weighted by atomic mass is 10.1. The molecule has 0 radical (unpaired) electrons. The van der Waals surface area contributed by atoms with Crippen molar-refractivity contribution in [1.29, 1.82) is 0 Å². The van der Waals surface area contributed by atoms with Gasteiger partial charge in [0.2, 0.25) is 10.0 Å². The Morgan fingerprint density at radius 2 is 1.86 bits per heavy atom.